The summed E-state index contributed by atoms with van der Waals surface area (Å²) in [7, 11) is 0. The summed E-state index contributed by atoms with van der Waals surface area (Å²) in [5.41, 5.74) is 0.0551. The molecule has 1 saturated heterocycles. The highest BCUT2D eigenvalue weighted by atomic mass is 19.3. The van der Waals surface area contributed by atoms with E-state index >= 15 is 0 Å². The predicted molar refractivity (Wildman–Crippen MR) is 49.5 cm³/mol. The number of halogens is 2. The lowest BCUT2D eigenvalue weighted by Crippen LogP contribution is -2.43. The van der Waals surface area contributed by atoms with Gasteiger partial charge in [0.2, 0.25) is 0 Å². The molecular formula is C10H17F2NO. The number of rotatable bonds is 3. The van der Waals surface area contributed by atoms with E-state index in [2.05, 4.69) is 5.32 Å². The summed E-state index contributed by atoms with van der Waals surface area (Å²) < 4.78 is 30.2. The SMILES string of the molecule is CC(NC1COC2(CCC2)C1)C(F)F. The van der Waals surface area contributed by atoms with Gasteiger partial charge in [-0.15, -0.1) is 0 Å². The van der Waals surface area contributed by atoms with Crippen molar-refractivity contribution in [1.29, 1.82) is 0 Å². The largest absolute Gasteiger partial charge is 0.373 e. The van der Waals surface area contributed by atoms with Crippen molar-refractivity contribution in [1.82, 2.24) is 5.32 Å². The molecule has 2 atom stereocenters. The molecule has 2 rings (SSSR count). The lowest BCUT2D eigenvalue weighted by atomic mass is 9.77. The molecule has 4 heteroatoms. The first-order chi connectivity index (χ1) is 6.61. The molecule has 1 heterocycles. The Morgan fingerprint density at radius 2 is 2.14 bits per heavy atom. The third kappa shape index (κ3) is 1.91. The van der Waals surface area contributed by atoms with Gasteiger partial charge in [-0.05, 0) is 32.6 Å². The molecule has 1 aliphatic heterocycles. The lowest BCUT2D eigenvalue weighted by Gasteiger charge is -2.37. The second kappa shape index (κ2) is 3.74. The lowest BCUT2D eigenvalue weighted by molar-refractivity contribution is -0.0563. The molecule has 0 aromatic heterocycles. The Labute approximate surface area is 83.0 Å². The molecule has 2 fully saturated rings. The van der Waals surface area contributed by atoms with Gasteiger partial charge in [0.15, 0.2) is 0 Å². The first-order valence-corrected chi connectivity index (χ1v) is 5.29. The van der Waals surface area contributed by atoms with Gasteiger partial charge in [0.1, 0.15) is 0 Å². The molecule has 14 heavy (non-hydrogen) atoms. The summed E-state index contributed by atoms with van der Waals surface area (Å²) in [6.07, 6.45) is 2.05. The minimum atomic E-state index is -2.28. The van der Waals surface area contributed by atoms with E-state index in [0.29, 0.717) is 6.61 Å². The fourth-order valence-electron chi connectivity index (χ4n) is 2.32. The van der Waals surface area contributed by atoms with Gasteiger partial charge in [0, 0.05) is 6.04 Å². The zero-order valence-electron chi connectivity index (χ0n) is 8.43. The highest BCUT2D eigenvalue weighted by Gasteiger charge is 2.45. The number of alkyl halides is 2. The molecule has 2 nitrogen and oxygen atoms in total. The van der Waals surface area contributed by atoms with Crippen LogP contribution < -0.4 is 5.32 Å². The maximum Gasteiger partial charge on any atom is 0.253 e. The fraction of sp³-hybridized carbons (Fsp3) is 1.00. The first-order valence-electron chi connectivity index (χ1n) is 5.29. The van der Waals surface area contributed by atoms with E-state index in [-0.39, 0.29) is 11.6 Å². The number of ether oxygens (including phenoxy) is 1. The van der Waals surface area contributed by atoms with Crippen molar-refractivity contribution in [2.75, 3.05) is 6.61 Å². The van der Waals surface area contributed by atoms with Crippen molar-refractivity contribution >= 4 is 0 Å². The minimum absolute atomic E-state index is 0.0551. The van der Waals surface area contributed by atoms with E-state index < -0.39 is 12.5 Å². The van der Waals surface area contributed by atoms with Crippen molar-refractivity contribution in [3.63, 3.8) is 0 Å². The van der Waals surface area contributed by atoms with Crippen molar-refractivity contribution in [3.8, 4) is 0 Å². The summed E-state index contributed by atoms with van der Waals surface area (Å²) in [6.45, 7) is 2.12. The highest BCUT2D eigenvalue weighted by Crippen LogP contribution is 2.43. The Morgan fingerprint density at radius 3 is 2.57 bits per heavy atom. The third-order valence-electron chi connectivity index (χ3n) is 3.35. The Balaban J connectivity index is 1.78. The second-order valence-electron chi connectivity index (χ2n) is 4.54. The van der Waals surface area contributed by atoms with Crippen molar-refractivity contribution in [2.45, 2.75) is 56.7 Å². The second-order valence-corrected chi connectivity index (χ2v) is 4.54. The molecule has 2 aliphatic rings. The Morgan fingerprint density at radius 1 is 1.43 bits per heavy atom. The molecule has 0 radical (unpaired) electrons. The monoisotopic (exact) mass is 205 g/mol. The Kier molecular flexibility index (Phi) is 2.75. The molecule has 1 aliphatic carbocycles. The van der Waals surface area contributed by atoms with Crippen LogP contribution in [0.25, 0.3) is 0 Å². The smallest absolute Gasteiger partial charge is 0.253 e. The predicted octanol–water partition coefficient (Wildman–Crippen LogP) is 1.94. The summed E-state index contributed by atoms with van der Waals surface area (Å²) in [5, 5.41) is 2.93. The van der Waals surface area contributed by atoms with Crippen molar-refractivity contribution in [3.05, 3.63) is 0 Å². The summed E-state index contributed by atoms with van der Waals surface area (Å²) in [5.74, 6) is 0. The van der Waals surface area contributed by atoms with E-state index in [1.54, 1.807) is 0 Å². The molecule has 1 N–H and O–H groups in total. The highest BCUT2D eigenvalue weighted by molar-refractivity contribution is 4.98. The van der Waals surface area contributed by atoms with Crippen LogP contribution >= 0.6 is 0 Å². The summed E-state index contributed by atoms with van der Waals surface area (Å²) >= 11 is 0. The van der Waals surface area contributed by atoms with Crippen LogP contribution in [0.15, 0.2) is 0 Å². The van der Waals surface area contributed by atoms with E-state index in [4.69, 9.17) is 4.74 Å². The average molecular weight is 205 g/mol. The molecule has 1 saturated carbocycles. The van der Waals surface area contributed by atoms with Gasteiger partial charge in [-0.25, -0.2) is 8.78 Å². The first kappa shape index (κ1) is 10.3. The van der Waals surface area contributed by atoms with Gasteiger partial charge in [0.05, 0.1) is 18.2 Å². The molecule has 82 valence electrons. The van der Waals surface area contributed by atoms with Gasteiger partial charge in [0.25, 0.3) is 6.43 Å². The summed E-state index contributed by atoms with van der Waals surface area (Å²) in [6, 6.07) is -0.599. The van der Waals surface area contributed by atoms with Crippen LogP contribution in [-0.4, -0.2) is 30.7 Å². The van der Waals surface area contributed by atoms with Gasteiger partial charge < -0.3 is 10.1 Å². The molecule has 0 aromatic rings. The molecule has 0 bridgehead atoms. The van der Waals surface area contributed by atoms with Gasteiger partial charge in [-0.3, -0.25) is 0 Å². The Hall–Kier alpha value is -0.220. The quantitative estimate of drug-likeness (QED) is 0.760. The van der Waals surface area contributed by atoms with E-state index in [1.165, 1.54) is 13.3 Å². The van der Waals surface area contributed by atoms with Gasteiger partial charge >= 0.3 is 0 Å². The van der Waals surface area contributed by atoms with E-state index in [0.717, 1.165) is 19.3 Å². The molecule has 2 unspecified atom stereocenters. The van der Waals surface area contributed by atoms with Crippen LogP contribution in [0.5, 0.6) is 0 Å². The number of hydrogen-bond donors (Lipinski definition) is 1. The van der Waals surface area contributed by atoms with Crippen LogP contribution in [0.2, 0.25) is 0 Å². The molecule has 1 spiro atoms. The molecule has 0 amide bonds. The van der Waals surface area contributed by atoms with Crippen molar-refractivity contribution in [2.24, 2.45) is 0 Å². The topological polar surface area (TPSA) is 21.3 Å². The normalized spacial score (nSPS) is 32.1. The van der Waals surface area contributed by atoms with E-state index in [9.17, 15) is 8.78 Å². The maximum atomic E-state index is 12.3. The minimum Gasteiger partial charge on any atom is -0.373 e. The van der Waals surface area contributed by atoms with Gasteiger partial charge in [-0.1, -0.05) is 0 Å². The maximum absolute atomic E-state index is 12.3. The zero-order chi connectivity index (χ0) is 10.2. The number of nitrogens with one attached hydrogen (secondary N) is 1. The van der Waals surface area contributed by atoms with Crippen LogP contribution in [0, 0.1) is 0 Å². The van der Waals surface area contributed by atoms with Crippen LogP contribution in [0.4, 0.5) is 8.78 Å². The van der Waals surface area contributed by atoms with Crippen LogP contribution in [-0.2, 0) is 4.74 Å². The average Bonchev–Trinajstić information content (AvgIpc) is 2.47. The van der Waals surface area contributed by atoms with Crippen LogP contribution in [0.3, 0.4) is 0 Å². The Bertz CT molecular complexity index is 206. The number of hydrogen-bond acceptors (Lipinski definition) is 2. The molecule has 0 aromatic carbocycles. The van der Waals surface area contributed by atoms with Gasteiger partial charge in [-0.2, -0.15) is 0 Å². The third-order valence-corrected chi connectivity index (χ3v) is 3.35. The fourth-order valence-corrected chi connectivity index (χ4v) is 2.32. The van der Waals surface area contributed by atoms with Crippen LogP contribution in [0.1, 0.15) is 32.6 Å². The standard InChI is InChI=1S/C10H17F2NO/c1-7(9(11)12)13-8-5-10(14-6-8)3-2-4-10/h7-9,13H,2-6H2,1H3. The van der Waals surface area contributed by atoms with E-state index in [1.807, 2.05) is 0 Å². The zero-order valence-corrected chi connectivity index (χ0v) is 8.43. The molecular weight excluding hydrogens is 188 g/mol. The van der Waals surface area contributed by atoms with Crippen molar-refractivity contribution < 1.29 is 13.5 Å². The summed E-state index contributed by atoms with van der Waals surface area (Å²) in [4.78, 5) is 0.